The van der Waals surface area contributed by atoms with Crippen LogP contribution in [0.2, 0.25) is 0 Å². The molecule has 1 aliphatic rings. The molecule has 0 unspecified atom stereocenters. The molecule has 5 rings (SSSR count). The van der Waals surface area contributed by atoms with Crippen molar-refractivity contribution in [1.29, 1.82) is 0 Å². The number of nitrogens with one attached hydrogen (secondary N) is 4. The number of fused-ring (bicyclic) bond motifs is 1. The number of piperazine rings is 1. The fraction of sp³-hybridized carbons (Fsp3) is 0.343. The number of aromatic amines is 1. The highest BCUT2D eigenvalue weighted by Gasteiger charge is 2.33. The molecular formula is C35H43N7O4. The molecule has 11 nitrogen and oxygen atoms in total. The zero-order chi connectivity index (χ0) is 32.6. The number of amides is 5. The number of ether oxygens (including phenoxy) is 1. The van der Waals surface area contributed by atoms with Gasteiger partial charge in [-0.05, 0) is 62.5 Å². The van der Waals surface area contributed by atoms with Crippen LogP contribution in [0.3, 0.4) is 0 Å². The van der Waals surface area contributed by atoms with Gasteiger partial charge in [-0.1, -0.05) is 49.4 Å². The molecule has 0 aliphatic carbocycles. The standard InChI is InChI=1S/C35H43N7O4/c1-5-46-31-16-15-25(23-40(3)4)21-30(31)38-33(43)32(24(2)28-22-36-29-14-10-9-13-27(28)29)39-35(45)42-19-17-41(18-20-42)34(44)37-26-11-7-6-8-12-26/h6-16,21-22,24,32,36H,5,17-20,23H2,1-4H3,(H,37,44)(H,38,43)(H,39,45)/t24-,32+/m0/s1. The molecule has 0 saturated carbocycles. The Bertz CT molecular complexity index is 1650. The number of anilines is 2. The largest absolute Gasteiger partial charge is 0.492 e. The number of benzene rings is 3. The molecule has 4 aromatic rings. The third-order valence-electron chi connectivity index (χ3n) is 8.15. The van der Waals surface area contributed by atoms with Crippen LogP contribution in [0.5, 0.6) is 5.75 Å². The van der Waals surface area contributed by atoms with Crippen molar-refractivity contribution >= 4 is 40.2 Å². The SMILES string of the molecule is CCOc1ccc(CN(C)C)cc1NC(=O)[C@H](NC(=O)N1CCN(C(=O)Nc2ccccc2)CC1)[C@@H](C)c1c[nH]c2ccccc12. The van der Waals surface area contributed by atoms with Crippen molar-refractivity contribution in [2.45, 2.75) is 32.4 Å². The number of carbonyl (C=O) groups excluding carboxylic acids is 3. The maximum atomic E-state index is 14.1. The minimum absolute atomic E-state index is 0.210. The zero-order valence-corrected chi connectivity index (χ0v) is 26.9. The van der Waals surface area contributed by atoms with E-state index in [2.05, 4.69) is 25.8 Å². The predicted molar refractivity (Wildman–Crippen MR) is 181 cm³/mol. The normalized spacial score (nSPS) is 14.5. The lowest BCUT2D eigenvalue weighted by atomic mass is 9.92. The average molecular weight is 626 g/mol. The molecule has 2 heterocycles. The molecule has 1 fully saturated rings. The van der Waals surface area contributed by atoms with Gasteiger partial charge in [-0.3, -0.25) is 4.79 Å². The Labute approximate surface area is 269 Å². The Morgan fingerprint density at radius 2 is 1.57 bits per heavy atom. The first-order valence-corrected chi connectivity index (χ1v) is 15.7. The van der Waals surface area contributed by atoms with Crippen LogP contribution in [-0.4, -0.2) is 90.6 Å². The topological polar surface area (TPSA) is 122 Å². The maximum absolute atomic E-state index is 14.1. The Morgan fingerprint density at radius 3 is 2.26 bits per heavy atom. The first-order valence-electron chi connectivity index (χ1n) is 15.7. The van der Waals surface area contributed by atoms with Crippen LogP contribution in [0, 0.1) is 0 Å². The summed E-state index contributed by atoms with van der Waals surface area (Å²) in [6, 6.07) is 21.5. The maximum Gasteiger partial charge on any atom is 0.321 e. The first-order chi connectivity index (χ1) is 22.2. The second-order valence-corrected chi connectivity index (χ2v) is 11.8. The van der Waals surface area contributed by atoms with Gasteiger partial charge in [-0.15, -0.1) is 0 Å². The lowest BCUT2D eigenvalue weighted by Crippen LogP contribution is -2.57. The minimum atomic E-state index is -0.905. The van der Waals surface area contributed by atoms with E-state index in [1.165, 1.54) is 0 Å². The number of H-pyrrole nitrogens is 1. The van der Waals surface area contributed by atoms with Crippen molar-refractivity contribution in [2.75, 3.05) is 57.5 Å². The molecule has 1 saturated heterocycles. The van der Waals surface area contributed by atoms with E-state index in [0.29, 0.717) is 56.5 Å². The molecule has 4 N–H and O–H groups in total. The molecule has 3 aromatic carbocycles. The quantitative estimate of drug-likeness (QED) is 0.191. The van der Waals surface area contributed by atoms with E-state index in [-0.39, 0.29) is 23.9 Å². The fourth-order valence-electron chi connectivity index (χ4n) is 5.76. The van der Waals surface area contributed by atoms with Crippen LogP contribution in [0.4, 0.5) is 21.0 Å². The Hall–Kier alpha value is -5.03. The van der Waals surface area contributed by atoms with Crippen LogP contribution in [-0.2, 0) is 11.3 Å². The van der Waals surface area contributed by atoms with Crippen LogP contribution >= 0.6 is 0 Å². The van der Waals surface area contributed by atoms with Crippen molar-refractivity contribution in [3.05, 3.63) is 90.1 Å². The van der Waals surface area contributed by atoms with Gasteiger partial charge < -0.3 is 40.4 Å². The summed E-state index contributed by atoms with van der Waals surface area (Å²) in [4.78, 5) is 49.3. The smallest absolute Gasteiger partial charge is 0.321 e. The van der Waals surface area contributed by atoms with Gasteiger partial charge in [0, 0.05) is 61.4 Å². The fourth-order valence-corrected chi connectivity index (χ4v) is 5.76. The molecule has 242 valence electrons. The second kappa shape index (κ2) is 14.8. The second-order valence-electron chi connectivity index (χ2n) is 11.8. The van der Waals surface area contributed by atoms with E-state index in [4.69, 9.17) is 4.74 Å². The molecule has 1 aromatic heterocycles. The van der Waals surface area contributed by atoms with E-state index in [0.717, 1.165) is 22.0 Å². The molecule has 0 bridgehead atoms. The van der Waals surface area contributed by atoms with E-state index in [1.54, 1.807) is 9.80 Å². The highest BCUT2D eigenvalue weighted by atomic mass is 16.5. The van der Waals surface area contributed by atoms with Crippen LogP contribution in [0.15, 0.2) is 79.0 Å². The van der Waals surface area contributed by atoms with Crippen molar-refractivity contribution in [3.8, 4) is 5.75 Å². The van der Waals surface area contributed by atoms with Gasteiger partial charge in [0.15, 0.2) is 0 Å². The number of urea groups is 2. The lowest BCUT2D eigenvalue weighted by Gasteiger charge is -2.36. The summed E-state index contributed by atoms with van der Waals surface area (Å²) in [5.74, 6) is -0.165. The molecule has 0 radical (unpaired) electrons. The summed E-state index contributed by atoms with van der Waals surface area (Å²) < 4.78 is 5.84. The number of hydrogen-bond acceptors (Lipinski definition) is 5. The summed E-state index contributed by atoms with van der Waals surface area (Å²) in [7, 11) is 3.97. The Balaban J connectivity index is 1.34. The van der Waals surface area contributed by atoms with E-state index >= 15 is 0 Å². The molecule has 0 spiro atoms. The summed E-state index contributed by atoms with van der Waals surface area (Å²) in [5, 5.41) is 9.99. The Kier molecular flexibility index (Phi) is 10.4. The number of aromatic nitrogens is 1. The molecular weight excluding hydrogens is 582 g/mol. The molecule has 11 heteroatoms. The number of para-hydroxylation sites is 2. The van der Waals surface area contributed by atoms with Gasteiger partial charge in [-0.2, -0.15) is 0 Å². The molecule has 46 heavy (non-hydrogen) atoms. The third-order valence-corrected chi connectivity index (χ3v) is 8.15. The van der Waals surface area contributed by atoms with Crippen LogP contribution in [0.1, 0.15) is 30.9 Å². The summed E-state index contributed by atoms with van der Waals surface area (Å²) in [6.07, 6.45) is 1.90. The molecule has 1 aliphatic heterocycles. The number of nitrogens with zero attached hydrogens (tertiary/aromatic N) is 3. The van der Waals surface area contributed by atoms with Gasteiger partial charge >= 0.3 is 12.1 Å². The summed E-state index contributed by atoms with van der Waals surface area (Å²) in [5.41, 5.74) is 4.16. The van der Waals surface area contributed by atoms with Crippen molar-refractivity contribution in [3.63, 3.8) is 0 Å². The number of carbonyl (C=O) groups is 3. The monoisotopic (exact) mass is 625 g/mol. The average Bonchev–Trinajstić information content (AvgIpc) is 3.49. The van der Waals surface area contributed by atoms with Crippen molar-refractivity contribution < 1.29 is 19.1 Å². The van der Waals surface area contributed by atoms with Gasteiger partial charge in [-0.25, -0.2) is 9.59 Å². The summed E-state index contributed by atoms with van der Waals surface area (Å²) >= 11 is 0. The summed E-state index contributed by atoms with van der Waals surface area (Å²) in [6.45, 7) is 6.39. The van der Waals surface area contributed by atoms with Gasteiger partial charge in [0.2, 0.25) is 5.91 Å². The van der Waals surface area contributed by atoms with Crippen LogP contribution < -0.4 is 20.7 Å². The third kappa shape index (κ3) is 7.78. The van der Waals surface area contributed by atoms with Gasteiger partial charge in [0.1, 0.15) is 11.8 Å². The number of rotatable bonds is 10. The Morgan fingerprint density at radius 1 is 0.891 bits per heavy atom. The zero-order valence-electron chi connectivity index (χ0n) is 26.9. The lowest BCUT2D eigenvalue weighted by molar-refractivity contribution is -0.118. The first kappa shape index (κ1) is 32.4. The van der Waals surface area contributed by atoms with E-state index in [9.17, 15) is 14.4 Å². The minimum Gasteiger partial charge on any atom is -0.492 e. The predicted octanol–water partition coefficient (Wildman–Crippen LogP) is 5.30. The number of hydrogen-bond donors (Lipinski definition) is 4. The van der Waals surface area contributed by atoms with Gasteiger partial charge in [0.05, 0.1) is 12.3 Å². The van der Waals surface area contributed by atoms with Gasteiger partial charge in [0.25, 0.3) is 0 Å². The molecule has 5 amide bonds. The van der Waals surface area contributed by atoms with Crippen molar-refractivity contribution in [2.24, 2.45) is 0 Å². The molecule has 2 atom stereocenters. The highest BCUT2D eigenvalue weighted by Crippen LogP contribution is 2.31. The van der Waals surface area contributed by atoms with E-state index in [1.807, 2.05) is 107 Å². The van der Waals surface area contributed by atoms with E-state index < -0.39 is 6.04 Å². The van der Waals surface area contributed by atoms with Crippen LogP contribution in [0.25, 0.3) is 10.9 Å². The van der Waals surface area contributed by atoms with Crippen molar-refractivity contribution in [1.82, 2.24) is 25.0 Å². The highest BCUT2D eigenvalue weighted by molar-refractivity contribution is 5.99.